The number of carbonyl (C=O) groups excluding carboxylic acids is 1. The molecule has 0 amide bonds. The van der Waals surface area contributed by atoms with Crippen molar-refractivity contribution in [1.82, 2.24) is 4.98 Å². The number of pyridine rings is 1. The molecule has 0 aromatic carbocycles. The quantitative estimate of drug-likeness (QED) is 0.494. The van der Waals surface area contributed by atoms with Crippen LogP contribution in [0.1, 0.15) is 5.56 Å². The molecule has 1 rings (SSSR count). The van der Waals surface area contributed by atoms with Crippen molar-refractivity contribution >= 4 is 28.6 Å². The van der Waals surface area contributed by atoms with Crippen LogP contribution in [0.5, 0.6) is 5.75 Å². The van der Waals surface area contributed by atoms with E-state index in [-0.39, 0.29) is 9.26 Å². The van der Waals surface area contributed by atoms with E-state index in [9.17, 15) is 22.8 Å². The third-order valence-electron chi connectivity index (χ3n) is 1.85. The number of esters is 1. The number of H-pyrrole nitrogens is 1. The van der Waals surface area contributed by atoms with Gasteiger partial charge in [0.05, 0.1) is 13.5 Å². The Morgan fingerprint density at radius 1 is 1.50 bits per heavy atom. The molecule has 0 spiro atoms. The molecule has 1 aromatic rings. The number of ether oxygens (including phenoxy) is 2. The average Bonchev–Trinajstić information content (AvgIpc) is 2.26. The van der Waals surface area contributed by atoms with Gasteiger partial charge in [0.15, 0.2) is 0 Å². The van der Waals surface area contributed by atoms with Gasteiger partial charge in [-0.2, -0.15) is 0 Å². The van der Waals surface area contributed by atoms with E-state index < -0.39 is 29.9 Å². The number of alkyl halides is 3. The average molecular weight is 377 g/mol. The van der Waals surface area contributed by atoms with E-state index >= 15 is 0 Å². The van der Waals surface area contributed by atoms with Crippen molar-refractivity contribution in [2.24, 2.45) is 0 Å². The highest BCUT2D eigenvalue weighted by Crippen LogP contribution is 2.23. The molecular weight excluding hydrogens is 370 g/mol. The largest absolute Gasteiger partial charge is 0.573 e. The lowest BCUT2D eigenvalue weighted by molar-refractivity contribution is -0.275. The van der Waals surface area contributed by atoms with Crippen LogP contribution in [0, 0.1) is 3.70 Å². The smallest absolute Gasteiger partial charge is 0.469 e. The summed E-state index contributed by atoms with van der Waals surface area (Å²) in [7, 11) is 1.11. The van der Waals surface area contributed by atoms with Crippen LogP contribution in [0.4, 0.5) is 13.2 Å². The molecule has 0 aliphatic heterocycles. The number of methoxy groups -OCH3 is 1. The summed E-state index contributed by atoms with van der Waals surface area (Å²) < 4.78 is 44.1. The number of nitrogens with one attached hydrogen (secondary N) is 1. The summed E-state index contributed by atoms with van der Waals surface area (Å²) in [6, 6.07) is 0. The zero-order valence-corrected chi connectivity index (χ0v) is 11.1. The van der Waals surface area contributed by atoms with Crippen LogP contribution < -0.4 is 10.2 Å². The second-order valence-corrected chi connectivity index (χ2v) is 4.17. The Morgan fingerprint density at radius 2 is 2.11 bits per heavy atom. The van der Waals surface area contributed by atoms with Gasteiger partial charge in [0, 0.05) is 11.8 Å². The molecule has 0 radical (unpaired) electrons. The Morgan fingerprint density at radius 3 is 2.61 bits per heavy atom. The van der Waals surface area contributed by atoms with E-state index in [1.807, 2.05) is 0 Å². The van der Waals surface area contributed by atoms with Gasteiger partial charge in [0.2, 0.25) is 11.2 Å². The summed E-state index contributed by atoms with van der Waals surface area (Å²) >= 11 is 1.49. The Hall–Kier alpha value is -1.26. The van der Waals surface area contributed by atoms with Crippen LogP contribution in [-0.4, -0.2) is 24.4 Å². The fraction of sp³-hybridized carbons (Fsp3) is 0.333. The molecule has 0 aliphatic carbocycles. The highest BCUT2D eigenvalue weighted by atomic mass is 127. The minimum absolute atomic E-state index is 0.108. The Kier molecular flexibility index (Phi) is 4.59. The molecular formula is C9H7F3INO4. The van der Waals surface area contributed by atoms with Gasteiger partial charge in [-0.3, -0.25) is 9.59 Å². The molecule has 0 fully saturated rings. The third-order valence-corrected chi connectivity index (χ3v) is 2.65. The predicted octanol–water partition coefficient (Wildman–Crippen LogP) is 1.59. The number of aromatic amines is 1. The lowest BCUT2D eigenvalue weighted by Gasteiger charge is -2.10. The molecule has 1 aromatic heterocycles. The second-order valence-electron chi connectivity index (χ2n) is 3.09. The highest BCUT2D eigenvalue weighted by Gasteiger charge is 2.33. The maximum absolute atomic E-state index is 12.1. The number of halogens is 4. The van der Waals surface area contributed by atoms with Gasteiger partial charge < -0.3 is 14.5 Å². The molecule has 100 valence electrons. The minimum atomic E-state index is -4.98. The van der Waals surface area contributed by atoms with Crippen LogP contribution in [0.15, 0.2) is 11.0 Å². The summed E-state index contributed by atoms with van der Waals surface area (Å²) in [6.07, 6.45) is -4.27. The molecule has 0 saturated heterocycles. The van der Waals surface area contributed by atoms with Crippen molar-refractivity contribution < 1.29 is 27.4 Å². The summed E-state index contributed by atoms with van der Waals surface area (Å²) in [5.41, 5.74) is -1.16. The number of carbonyl (C=O) groups is 1. The summed E-state index contributed by atoms with van der Waals surface area (Å²) in [5, 5.41) is 0. The fourth-order valence-electron chi connectivity index (χ4n) is 1.09. The zero-order valence-electron chi connectivity index (χ0n) is 8.93. The molecule has 0 unspecified atom stereocenters. The van der Waals surface area contributed by atoms with E-state index in [1.165, 1.54) is 22.6 Å². The maximum atomic E-state index is 12.1. The first kappa shape index (κ1) is 14.8. The zero-order chi connectivity index (χ0) is 13.9. The van der Waals surface area contributed by atoms with Crippen molar-refractivity contribution in [3.05, 3.63) is 25.7 Å². The van der Waals surface area contributed by atoms with E-state index in [0.717, 1.165) is 13.3 Å². The van der Waals surface area contributed by atoms with Crippen molar-refractivity contribution in [2.75, 3.05) is 7.11 Å². The summed E-state index contributed by atoms with van der Waals surface area (Å²) in [5.74, 6) is -1.62. The van der Waals surface area contributed by atoms with Crippen LogP contribution in [0.25, 0.3) is 0 Å². The molecule has 0 saturated carbocycles. The molecule has 5 nitrogen and oxygen atoms in total. The molecule has 0 bridgehead atoms. The van der Waals surface area contributed by atoms with Crippen LogP contribution >= 0.6 is 22.6 Å². The van der Waals surface area contributed by atoms with Gasteiger partial charge in [-0.05, 0) is 22.6 Å². The summed E-state index contributed by atoms with van der Waals surface area (Å²) in [6.45, 7) is 0. The number of hydrogen-bond donors (Lipinski definition) is 1. The monoisotopic (exact) mass is 377 g/mol. The Bertz CT molecular complexity index is 512. The van der Waals surface area contributed by atoms with Crippen molar-refractivity contribution in [2.45, 2.75) is 12.8 Å². The highest BCUT2D eigenvalue weighted by molar-refractivity contribution is 14.1. The fourth-order valence-corrected chi connectivity index (χ4v) is 1.60. The van der Waals surface area contributed by atoms with Gasteiger partial charge >= 0.3 is 12.3 Å². The first-order valence-electron chi connectivity index (χ1n) is 4.47. The van der Waals surface area contributed by atoms with Gasteiger partial charge in [-0.25, -0.2) is 0 Å². The number of aromatic nitrogens is 1. The standard InChI is InChI=1S/C9H7F3INO4/c1-17-5(15)2-4-3-14-8(13)7(6(4)16)18-9(10,11)12/h3H,2H2,1H3,(H,14,16). The molecule has 1 N–H and O–H groups in total. The first-order valence-corrected chi connectivity index (χ1v) is 5.55. The van der Waals surface area contributed by atoms with E-state index in [2.05, 4.69) is 14.5 Å². The van der Waals surface area contributed by atoms with Crippen molar-refractivity contribution in [3.8, 4) is 5.75 Å². The van der Waals surface area contributed by atoms with Crippen LogP contribution in [-0.2, 0) is 16.0 Å². The van der Waals surface area contributed by atoms with E-state index in [0.29, 0.717) is 0 Å². The Labute approximate surface area is 112 Å². The van der Waals surface area contributed by atoms with Crippen molar-refractivity contribution in [1.29, 1.82) is 0 Å². The van der Waals surface area contributed by atoms with Gasteiger partial charge in [-0.15, -0.1) is 13.2 Å². The second kappa shape index (κ2) is 5.59. The first-order chi connectivity index (χ1) is 8.24. The molecule has 1 heterocycles. The lowest BCUT2D eigenvalue weighted by Crippen LogP contribution is -2.25. The lowest BCUT2D eigenvalue weighted by atomic mass is 10.2. The molecule has 9 heteroatoms. The molecule has 18 heavy (non-hydrogen) atoms. The molecule has 0 aliphatic rings. The Balaban J connectivity index is 3.15. The van der Waals surface area contributed by atoms with Crippen LogP contribution in [0.2, 0.25) is 0 Å². The summed E-state index contributed by atoms with van der Waals surface area (Å²) in [4.78, 5) is 25.1. The number of hydrogen-bond acceptors (Lipinski definition) is 4. The third kappa shape index (κ3) is 3.89. The van der Waals surface area contributed by atoms with E-state index in [4.69, 9.17) is 0 Å². The minimum Gasteiger partial charge on any atom is -0.469 e. The van der Waals surface area contributed by atoms with E-state index in [1.54, 1.807) is 0 Å². The van der Waals surface area contributed by atoms with Crippen molar-refractivity contribution in [3.63, 3.8) is 0 Å². The van der Waals surface area contributed by atoms with Gasteiger partial charge in [-0.1, -0.05) is 0 Å². The predicted molar refractivity (Wildman–Crippen MR) is 62.2 cm³/mol. The number of rotatable bonds is 3. The van der Waals surface area contributed by atoms with Gasteiger partial charge in [0.1, 0.15) is 3.70 Å². The normalized spacial score (nSPS) is 11.2. The van der Waals surface area contributed by atoms with Gasteiger partial charge in [0.25, 0.3) is 0 Å². The topological polar surface area (TPSA) is 68.4 Å². The maximum Gasteiger partial charge on any atom is 0.573 e. The SMILES string of the molecule is COC(=O)Cc1c[nH]c(I)c(OC(F)(F)F)c1=O. The van der Waals surface area contributed by atoms with Crippen LogP contribution in [0.3, 0.4) is 0 Å². The molecule has 0 atom stereocenters.